The predicted octanol–water partition coefficient (Wildman–Crippen LogP) is 4.62. The molecule has 0 saturated heterocycles. The molecule has 2 bridgehead atoms. The fraction of sp³-hybridized carbons (Fsp3) is 0.440. The van der Waals surface area contributed by atoms with Crippen LogP contribution < -0.4 is 4.90 Å². The predicted molar refractivity (Wildman–Crippen MR) is 125 cm³/mol. The van der Waals surface area contributed by atoms with Gasteiger partial charge in [0, 0.05) is 41.4 Å². The molecule has 1 aromatic carbocycles. The molecule has 0 radical (unpaired) electrons. The van der Waals surface area contributed by atoms with Crippen LogP contribution in [0, 0.1) is 29.3 Å². The maximum absolute atomic E-state index is 13.6. The quantitative estimate of drug-likeness (QED) is 0.231. The third-order valence-corrected chi connectivity index (χ3v) is 9.12. The van der Waals surface area contributed by atoms with Crippen molar-refractivity contribution in [1.82, 2.24) is 0 Å². The number of hydrogen-bond acceptors (Lipinski definition) is 5. The second-order valence-corrected chi connectivity index (χ2v) is 11.2. The Bertz CT molecular complexity index is 1180. The van der Waals surface area contributed by atoms with Gasteiger partial charge in [-0.2, -0.15) is 0 Å². The number of carbonyl (C=O) groups excluding carboxylic acids is 2. The Morgan fingerprint density at radius 1 is 1.14 bits per heavy atom. The van der Waals surface area contributed by atoms with Crippen LogP contribution in [0.3, 0.4) is 0 Å². The topological polar surface area (TPSA) is 80.7 Å². The Kier molecular flexibility index (Phi) is 7.93. The highest BCUT2D eigenvalue weighted by molar-refractivity contribution is 7.95. The number of amides is 1. The fourth-order valence-corrected chi connectivity index (χ4v) is 7.20. The van der Waals surface area contributed by atoms with Crippen LogP contribution in [0.2, 0.25) is 0 Å². The lowest BCUT2D eigenvalue weighted by Gasteiger charge is -2.31. The van der Waals surface area contributed by atoms with Gasteiger partial charge in [0.25, 0.3) is 5.91 Å². The molecule has 6 nitrogen and oxygen atoms in total. The minimum atomic E-state index is -3.78. The van der Waals surface area contributed by atoms with E-state index in [1.54, 1.807) is 6.92 Å². The van der Waals surface area contributed by atoms with Crippen molar-refractivity contribution in [2.24, 2.45) is 11.8 Å². The van der Waals surface area contributed by atoms with Crippen molar-refractivity contribution in [2.45, 2.75) is 44.8 Å². The summed E-state index contributed by atoms with van der Waals surface area (Å²) >= 11 is 0. The molecule has 0 heterocycles. The van der Waals surface area contributed by atoms with Crippen LogP contribution in [0.15, 0.2) is 46.9 Å². The summed E-state index contributed by atoms with van der Waals surface area (Å²) in [6.45, 7) is 6.98. The number of hydrogen-bond donors (Lipinski definition) is 0. The highest BCUT2D eigenvalue weighted by Gasteiger charge is 2.48. The van der Waals surface area contributed by atoms with E-state index in [1.807, 2.05) is 0 Å². The Hall–Kier alpha value is -2.88. The Morgan fingerprint density at radius 2 is 1.69 bits per heavy atom. The van der Waals surface area contributed by atoms with Crippen LogP contribution in [-0.4, -0.2) is 39.2 Å². The third-order valence-electron chi connectivity index (χ3n) is 6.61. The monoisotopic (exact) mass is 511 g/mol. The van der Waals surface area contributed by atoms with Crippen molar-refractivity contribution in [2.75, 3.05) is 18.6 Å². The van der Waals surface area contributed by atoms with Gasteiger partial charge in [-0.05, 0) is 57.4 Å². The first kappa shape index (κ1) is 26.7. The van der Waals surface area contributed by atoms with Gasteiger partial charge in [0.15, 0.2) is 27.3 Å². The van der Waals surface area contributed by atoms with Gasteiger partial charge in [0.05, 0.1) is 11.9 Å². The van der Waals surface area contributed by atoms with Gasteiger partial charge in [0.2, 0.25) is 0 Å². The van der Waals surface area contributed by atoms with E-state index < -0.39 is 44.4 Å². The van der Waals surface area contributed by atoms with Crippen molar-refractivity contribution < 1.29 is 35.9 Å². The molecule has 10 heteroatoms. The molecule has 0 N–H and O–H groups in total. The van der Waals surface area contributed by atoms with Crippen LogP contribution in [0.5, 0.6) is 0 Å². The number of nitrogens with zero attached hydrogens (tertiary/aromatic N) is 1. The highest BCUT2D eigenvalue weighted by Crippen LogP contribution is 2.49. The van der Waals surface area contributed by atoms with Crippen LogP contribution in [0.4, 0.5) is 18.9 Å². The van der Waals surface area contributed by atoms with Crippen molar-refractivity contribution in [3.63, 3.8) is 0 Å². The summed E-state index contributed by atoms with van der Waals surface area (Å²) < 4.78 is 72.1. The van der Waals surface area contributed by atoms with E-state index in [0.717, 1.165) is 16.5 Å². The first-order chi connectivity index (χ1) is 16.4. The number of fused-ring (bicyclic) bond motifs is 2. The number of carbonyl (C=O) groups is 2. The van der Waals surface area contributed by atoms with Crippen LogP contribution >= 0.6 is 0 Å². The summed E-state index contributed by atoms with van der Waals surface area (Å²) in [6.07, 6.45) is 5.00. The van der Waals surface area contributed by atoms with Crippen molar-refractivity contribution in [1.29, 1.82) is 0 Å². The van der Waals surface area contributed by atoms with Crippen LogP contribution in [0.25, 0.3) is 0 Å². The van der Waals surface area contributed by atoms with Crippen molar-refractivity contribution >= 4 is 27.4 Å². The smallest absolute Gasteiger partial charge is 0.330 e. The summed E-state index contributed by atoms with van der Waals surface area (Å²) in [5.74, 6) is -6.10. The molecule has 3 rings (SSSR count). The van der Waals surface area contributed by atoms with Gasteiger partial charge in [-0.3, -0.25) is 4.79 Å². The number of allylic oxidation sites excluding steroid dienone is 2. The Morgan fingerprint density at radius 3 is 2.20 bits per heavy atom. The summed E-state index contributed by atoms with van der Waals surface area (Å²) in [6, 6.07) is 1.33. The van der Waals surface area contributed by atoms with Gasteiger partial charge in [-0.15, -0.1) is 0 Å². The van der Waals surface area contributed by atoms with Crippen molar-refractivity contribution in [3.8, 4) is 0 Å². The van der Waals surface area contributed by atoms with Gasteiger partial charge >= 0.3 is 5.97 Å². The SMILES string of the molecule is C=C(/C=C(\C)S(=O)(=O)C1C2CCC1CC(=CC(=O)OCC)C2)C(=O)N(C)c1cc(F)c(F)c(F)c1. The molecule has 1 aromatic rings. The molecule has 0 aromatic heterocycles. The molecule has 2 fully saturated rings. The lowest BCUT2D eigenvalue weighted by molar-refractivity contribution is -0.137. The number of anilines is 1. The van der Waals surface area contributed by atoms with E-state index in [4.69, 9.17) is 4.74 Å². The molecule has 0 spiro atoms. The molecular weight excluding hydrogens is 483 g/mol. The van der Waals surface area contributed by atoms with E-state index in [2.05, 4.69) is 6.58 Å². The summed E-state index contributed by atoms with van der Waals surface area (Å²) in [7, 11) is -2.56. The molecule has 0 aliphatic heterocycles. The summed E-state index contributed by atoms with van der Waals surface area (Å²) in [4.78, 5) is 25.3. The number of rotatable bonds is 7. The first-order valence-corrected chi connectivity index (χ1v) is 12.8. The van der Waals surface area contributed by atoms with E-state index in [9.17, 15) is 31.2 Å². The molecule has 2 aliphatic rings. The lowest BCUT2D eigenvalue weighted by atomic mass is 9.84. The van der Waals surface area contributed by atoms with E-state index >= 15 is 0 Å². The average molecular weight is 512 g/mol. The standard InChI is InChI=1S/C25H28F3NO5S/c1-5-34-22(30)11-16-9-17-6-7-18(10-16)24(17)35(32,33)15(3)8-14(2)25(31)29(4)19-12-20(26)23(28)21(27)13-19/h8,11-13,17-18,24H,2,5-7,9-10H2,1,3-4H3/b15-8+,16-11?. The number of esters is 1. The number of sulfone groups is 1. The minimum Gasteiger partial charge on any atom is -0.463 e. The molecule has 2 atom stereocenters. The molecule has 2 aliphatic carbocycles. The number of likely N-dealkylation sites (N-methyl/N-ethyl adjacent to an activating group) is 1. The zero-order valence-electron chi connectivity index (χ0n) is 19.8. The summed E-state index contributed by atoms with van der Waals surface area (Å²) in [5, 5.41) is -0.640. The summed E-state index contributed by atoms with van der Waals surface area (Å²) in [5.41, 5.74) is 0.432. The molecule has 2 saturated carbocycles. The van der Waals surface area contributed by atoms with Crippen LogP contribution in [-0.2, 0) is 24.2 Å². The second-order valence-electron chi connectivity index (χ2n) is 8.94. The van der Waals surface area contributed by atoms with Crippen molar-refractivity contribution in [3.05, 3.63) is 64.4 Å². The zero-order valence-corrected chi connectivity index (χ0v) is 20.6. The number of ether oxygens (including phenoxy) is 1. The average Bonchev–Trinajstić information content (AvgIpc) is 3.07. The Balaban J connectivity index is 1.77. The van der Waals surface area contributed by atoms with Crippen LogP contribution in [0.1, 0.15) is 39.5 Å². The minimum absolute atomic E-state index is 0.0413. The highest BCUT2D eigenvalue weighted by atomic mass is 32.2. The molecule has 2 unspecified atom stereocenters. The maximum Gasteiger partial charge on any atom is 0.330 e. The zero-order chi connectivity index (χ0) is 26.1. The van der Waals surface area contributed by atoms with E-state index in [-0.39, 0.29) is 34.6 Å². The lowest BCUT2D eigenvalue weighted by Crippen LogP contribution is -2.35. The number of benzene rings is 1. The first-order valence-electron chi connectivity index (χ1n) is 11.3. The third kappa shape index (κ3) is 5.52. The molecule has 35 heavy (non-hydrogen) atoms. The maximum atomic E-state index is 13.6. The number of halogens is 3. The van der Waals surface area contributed by atoms with E-state index in [1.165, 1.54) is 20.0 Å². The molecular formula is C25H28F3NO5S. The van der Waals surface area contributed by atoms with Gasteiger partial charge in [-0.25, -0.2) is 26.4 Å². The second kappa shape index (κ2) is 10.4. The van der Waals surface area contributed by atoms with E-state index in [0.29, 0.717) is 37.8 Å². The Labute approximate surface area is 203 Å². The molecule has 1 amide bonds. The normalized spacial score (nSPS) is 22.1. The van der Waals surface area contributed by atoms with Gasteiger partial charge < -0.3 is 9.64 Å². The van der Waals surface area contributed by atoms with Gasteiger partial charge in [-0.1, -0.05) is 12.2 Å². The fourth-order valence-electron chi connectivity index (χ4n) is 4.98. The molecule has 190 valence electrons. The van der Waals surface area contributed by atoms with Gasteiger partial charge in [0.1, 0.15) is 0 Å². The largest absolute Gasteiger partial charge is 0.463 e.